The average molecular weight is 243 g/mol. The number of phenolic OH excluding ortho intramolecular Hbond substituents is 1. The molecule has 0 bridgehead atoms. The summed E-state index contributed by atoms with van der Waals surface area (Å²) < 4.78 is 21.5. The second kappa shape index (κ2) is 5.39. The molecule has 0 heterocycles. The first-order chi connectivity index (χ1) is 7.37. The van der Waals surface area contributed by atoms with Crippen molar-refractivity contribution in [3.63, 3.8) is 0 Å². The zero-order chi connectivity index (χ0) is 12.2. The van der Waals surface area contributed by atoms with Gasteiger partial charge >= 0.3 is 8.25 Å². The van der Waals surface area contributed by atoms with E-state index in [2.05, 4.69) is 0 Å². The smallest absolute Gasteiger partial charge is 0.508 e. The van der Waals surface area contributed by atoms with Crippen molar-refractivity contribution in [2.45, 2.75) is 33.0 Å². The summed E-state index contributed by atoms with van der Waals surface area (Å²) >= 11 is 0. The Morgan fingerprint density at radius 2 is 1.81 bits per heavy atom. The van der Waals surface area contributed by atoms with Gasteiger partial charge in [0.25, 0.3) is 0 Å². The van der Waals surface area contributed by atoms with Gasteiger partial charge in [-0.15, -0.1) is 9.05 Å². The van der Waals surface area contributed by atoms with E-state index in [1.54, 1.807) is 24.3 Å². The molecule has 88 valence electrons. The minimum atomic E-state index is -2.11. The summed E-state index contributed by atoms with van der Waals surface area (Å²) in [5.41, 5.74) is 0.348. The van der Waals surface area contributed by atoms with Crippen LogP contribution in [-0.4, -0.2) is 10.7 Å². The lowest BCUT2D eigenvalue weighted by atomic mass is 10.2. The standard InChI is InChI=1S/C11H15O4P/c1-11(2,3)15-16(13)14-8-9-4-6-10(12)7-5-9/h4-7H,8H2,1-3H3/p+1. The molecule has 0 aliphatic rings. The fourth-order valence-corrected chi connectivity index (χ4v) is 1.72. The lowest BCUT2D eigenvalue weighted by molar-refractivity contribution is 0.106. The van der Waals surface area contributed by atoms with Crippen LogP contribution in [0.1, 0.15) is 26.3 Å². The van der Waals surface area contributed by atoms with E-state index in [-0.39, 0.29) is 12.4 Å². The van der Waals surface area contributed by atoms with Crippen molar-refractivity contribution in [1.82, 2.24) is 0 Å². The highest BCUT2D eigenvalue weighted by molar-refractivity contribution is 7.33. The summed E-state index contributed by atoms with van der Waals surface area (Å²) in [4.78, 5) is 0. The SMILES string of the molecule is CC(C)(C)O[P+](=O)OCc1ccc(O)cc1. The van der Waals surface area contributed by atoms with Gasteiger partial charge in [0.05, 0.1) is 0 Å². The predicted octanol–water partition coefficient (Wildman–Crippen LogP) is 3.38. The monoisotopic (exact) mass is 243 g/mol. The Kier molecular flexibility index (Phi) is 4.42. The maximum absolute atomic E-state index is 11.4. The maximum Gasteiger partial charge on any atom is 0.698 e. The van der Waals surface area contributed by atoms with E-state index in [1.807, 2.05) is 20.8 Å². The van der Waals surface area contributed by atoms with Crippen molar-refractivity contribution < 1.29 is 18.7 Å². The first-order valence-electron chi connectivity index (χ1n) is 4.94. The van der Waals surface area contributed by atoms with Gasteiger partial charge in [-0.1, -0.05) is 12.1 Å². The fourth-order valence-electron chi connectivity index (χ4n) is 0.969. The molecule has 16 heavy (non-hydrogen) atoms. The molecule has 1 N–H and O–H groups in total. The van der Waals surface area contributed by atoms with Gasteiger partial charge < -0.3 is 5.11 Å². The molecule has 0 amide bonds. The molecule has 1 aromatic carbocycles. The molecule has 1 rings (SSSR count). The lowest BCUT2D eigenvalue weighted by Gasteiger charge is -2.07. The van der Waals surface area contributed by atoms with Gasteiger partial charge in [-0.25, -0.2) is 0 Å². The molecule has 4 nitrogen and oxygen atoms in total. The van der Waals surface area contributed by atoms with E-state index in [1.165, 1.54) is 0 Å². The zero-order valence-electron chi connectivity index (χ0n) is 9.64. The summed E-state index contributed by atoms with van der Waals surface area (Å²) in [6.45, 7) is 5.63. The van der Waals surface area contributed by atoms with Crippen molar-refractivity contribution in [3.05, 3.63) is 29.8 Å². The molecule has 1 aromatic rings. The highest BCUT2D eigenvalue weighted by Crippen LogP contribution is 2.32. The summed E-state index contributed by atoms with van der Waals surface area (Å²) in [6.07, 6.45) is 0. The second-order valence-corrected chi connectivity index (χ2v) is 5.26. The Morgan fingerprint density at radius 3 is 2.31 bits per heavy atom. The Labute approximate surface area is 96.2 Å². The molecule has 1 unspecified atom stereocenters. The third-order valence-corrected chi connectivity index (χ3v) is 2.66. The first kappa shape index (κ1) is 13.1. The Hall–Kier alpha value is -0.960. The van der Waals surface area contributed by atoms with Crippen LogP contribution in [-0.2, 0) is 20.2 Å². The molecule has 0 aliphatic heterocycles. The van der Waals surface area contributed by atoms with Crippen molar-refractivity contribution in [1.29, 1.82) is 0 Å². The van der Waals surface area contributed by atoms with Crippen LogP contribution in [0.3, 0.4) is 0 Å². The van der Waals surface area contributed by atoms with Gasteiger partial charge in [0.15, 0.2) is 0 Å². The van der Waals surface area contributed by atoms with Gasteiger partial charge in [-0.3, -0.25) is 0 Å². The van der Waals surface area contributed by atoms with Crippen LogP contribution in [0.25, 0.3) is 0 Å². The van der Waals surface area contributed by atoms with Crippen LogP contribution in [0.5, 0.6) is 5.75 Å². The number of benzene rings is 1. The molecule has 0 saturated heterocycles. The summed E-state index contributed by atoms with van der Waals surface area (Å²) in [7, 11) is -2.11. The predicted molar refractivity (Wildman–Crippen MR) is 61.3 cm³/mol. The molecule has 0 radical (unpaired) electrons. The Bertz CT molecular complexity index is 353. The van der Waals surface area contributed by atoms with Gasteiger partial charge in [0.2, 0.25) is 0 Å². The summed E-state index contributed by atoms with van der Waals surface area (Å²) in [6, 6.07) is 6.51. The van der Waals surface area contributed by atoms with Crippen LogP contribution < -0.4 is 0 Å². The van der Waals surface area contributed by atoms with Crippen molar-refractivity contribution >= 4 is 8.25 Å². The molecule has 0 spiro atoms. The van der Waals surface area contributed by atoms with Crippen LogP contribution in [0.2, 0.25) is 0 Å². The molecule has 0 aromatic heterocycles. The average Bonchev–Trinajstić information content (AvgIpc) is 2.14. The van der Waals surface area contributed by atoms with Crippen LogP contribution in [0.4, 0.5) is 0 Å². The van der Waals surface area contributed by atoms with Crippen LogP contribution in [0, 0.1) is 0 Å². The number of hydrogen-bond donors (Lipinski definition) is 1. The second-order valence-electron chi connectivity index (χ2n) is 4.37. The first-order valence-corrected chi connectivity index (χ1v) is 6.03. The van der Waals surface area contributed by atoms with Crippen molar-refractivity contribution in [2.24, 2.45) is 0 Å². The fraction of sp³-hybridized carbons (Fsp3) is 0.455. The minimum absolute atomic E-state index is 0.194. The normalized spacial score (nSPS) is 12.6. The Morgan fingerprint density at radius 1 is 1.25 bits per heavy atom. The highest BCUT2D eigenvalue weighted by Gasteiger charge is 2.29. The number of hydrogen-bond acceptors (Lipinski definition) is 4. The van der Waals surface area contributed by atoms with Crippen LogP contribution in [0.15, 0.2) is 24.3 Å². The zero-order valence-corrected chi connectivity index (χ0v) is 10.5. The van der Waals surface area contributed by atoms with Crippen molar-refractivity contribution in [2.75, 3.05) is 0 Å². The number of rotatable bonds is 4. The van der Waals surface area contributed by atoms with E-state index < -0.39 is 13.9 Å². The largest absolute Gasteiger partial charge is 0.698 e. The van der Waals surface area contributed by atoms with E-state index >= 15 is 0 Å². The molecule has 1 atom stereocenters. The highest BCUT2D eigenvalue weighted by atomic mass is 31.1. The minimum Gasteiger partial charge on any atom is -0.508 e. The van der Waals surface area contributed by atoms with E-state index in [0.29, 0.717) is 0 Å². The van der Waals surface area contributed by atoms with E-state index in [9.17, 15) is 4.57 Å². The van der Waals surface area contributed by atoms with Gasteiger partial charge in [0, 0.05) is 4.57 Å². The number of phenols is 1. The molecule has 0 fully saturated rings. The third kappa shape index (κ3) is 5.21. The van der Waals surface area contributed by atoms with Crippen molar-refractivity contribution in [3.8, 4) is 5.75 Å². The maximum atomic E-state index is 11.4. The van der Waals surface area contributed by atoms with E-state index in [4.69, 9.17) is 14.2 Å². The summed E-state index contributed by atoms with van der Waals surface area (Å²) in [5, 5.41) is 9.06. The van der Waals surface area contributed by atoms with Crippen LogP contribution >= 0.6 is 8.25 Å². The van der Waals surface area contributed by atoms with Gasteiger partial charge in [0.1, 0.15) is 18.0 Å². The molecule has 0 aliphatic carbocycles. The van der Waals surface area contributed by atoms with Gasteiger partial charge in [-0.05, 0) is 38.5 Å². The topological polar surface area (TPSA) is 55.8 Å². The van der Waals surface area contributed by atoms with E-state index in [0.717, 1.165) is 5.56 Å². The molecule has 0 saturated carbocycles. The molecular weight excluding hydrogens is 227 g/mol. The number of aromatic hydroxyl groups is 1. The molecular formula is C11H16O4P+. The summed E-state index contributed by atoms with van der Waals surface area (Å²) in [5.74, 6) is 0.194. The third-order valence-electron chi connectivity index (χ3n) is 1.62. The molecule has 5 heteroatoms. The Balaban J connectivity index is 2.40. The van der Waals surface area contributed by atoms with Gasteiger partial charge in [-0.2, -0.15) is 0 Å². The quantitative estimate of drug-likeness (QED) is 0.823. The lowest BCUT2D eigenvalue weighted by Crippen LogP contribution is -2.14.